The molecule has 2 amide bonds. The summed E-state index contributed by atoms with van der Waals surface area (Å²) in [6.07, 6.45) is 2.65. The van der Waals surface area contributed by atoms with Crippen LogP contribution in [0.25, 0.3) is 0 Å². The molecule has 0 radical (unpaired) electrons. The Kier molecular flexibility index (Phi) is 6.10. The largest absolute Gasteiger partial charge is 0.384 e. The van der Waals surface area contributed by atoms with Crippen LogP contribution in [-0.4, -0.2) is 42.4 Å². The highest BCUT2D eigenvalue weighted by Crippen LogP contribution is 2.24. The zero-order chi connectivity index (χ0) is 16.4. The lowest BCUT2D eigenvalue weighted by Gasteiger charge is -2.33. The van der Waals surface area contributed by atoms with E-state index >= 15 is 0 Å². The number of anilines is 1. The van der Waals surface area contributed by atoms with E-state index in [1.807, 2.05) is 36.9 Å². The predicted octanol–water partition coefficient (Wildman–Crippen LogP) is 2.45. The first-order valence-electron chi connectivity index (χ1n) is 8.51. The number of halogens is 1. The molecule has 0 atom stereocenters. The molecule has 2 N–H and O–H groups in total. The Balaban J connectivity index is 0.00000208. The lowest BCUT2D eigenvalue weighted by Crippen LogP contribution is -2.47. The number of nitrogens with zero attached hydrogens (tertiary/aromatic N) is 1. The van der Waals surface area contributed by atoms with Gasteiger partial charge in [0.1, 0.15) is 0 Å². The number of fused-ring (bicyclic) bond motifs is 1. The van der Waals surface area contributed by atoms with Crippen LogP contribution >= 0.6 is 12.4 Å². The molecule has 2 aliphatic heterocycles. The fraction of sp³-hybridized carbons (Fsp3) is 0.556. The monoisotopic (exact) mass is 351 g/mol. The Bertz CT molecular complexity index is 610. The molecule has 1 aromatic rings. The van der Waals surface area contributed by atoms with Gasteiger partial charge in [0.15, 0.2) is 0 Å². The van der Waals surface area contributed by atoms with Crippen molar-refractivity contribution in [3.8, 4) is 0 Å². The zero-order valence-electron chi connectivity index (χ0n) is 14.3. The zero-order valence-corrected chi connectivity index (χ0v) is 15.1. The van der Waals surface area contributed by atoms with E-state index in [0.717, 1.165) is 37.1 Å². The number of likely N-dealkylation sites (tertiary alicyclic amines) is 1. The maximum atomic E-state index is 12.7. The Hall–Kier alpha value is -1.75. The maximum absolute atomic E-state index is 12.7. The highest BCUT2D eigenvalue weighted by molar-refractivity contribution is 5.95. The fourth-order valence-electron chi connectivity index (χ4n) is 3.22. The molecule has 24 heavy (non-hydrogen) atoms. The smallest absolute Gasteiger partial charge is 0.253 e. The van der Waals surface area contributed by atoms with Crippen LogP contribution in [0.3, 0.4) is 0 Å². The van der Waals surface area contributed by atoms with Crippen LogP contribution in [0.1, 0.15) is 42.6 Å². The first kappa shape index (κ1) is 18.6. The molecule has 132 valence electrons. The molecule has 0 unspecified atom stereocenters. The van der Waals surface area contributed by atoms with Gasteiger partial charge in [-0.2, -0.15) is 0 Å². The van der Waals surface area contributed by atoms with Gasteiger partial charge < -0.3 is 15.5 Å². The summed E-state index contributed by atoms with van der Waals surface area (Å²) in [6.45, 7) is 6.16. The van der Waals surface area contributed by atoms with E-state index in [1.54, 1.807) is 0 Å². The number of benzene rings is 1. The molecule has 3 rings (SSSR count). The molecule has 0 aliphatic carbocycles. The maximum Gasteiger partial charge on any atom is 0.253 e. The summed E-state index contributed by atoms with van der Waals surface area (Å²) in [5.41, 5.74) is 3.16. The lowest BCUT2D eigenvalue weighted by atomic mass is 10.0. The van der Waals surface area contributed by atoms with Crippen LogP contribution in [0.15, 0.2) is 18.2 Å². The van der Waals surface area contributed by atoms with Crippen molar-refractivity contribution in [2.45, 2.75) is 39.2 Å². The van der Waals surface area contributed by atoms with Crippen molar-refractivity contribution in [3.63, 3.8) is 0 Å². The molecular weight excluding hydrogens is 326 g/mol. The Morgan fingerprint density at radius 2 is 1.96 bits per heavy atom. The Labute approximate surface area is 149 Å². The predicted molar refractivity (Wildman–Crippen MR) is 97.8 cm³/mol. The quantitative estimate of drug-likeness (QED) is 0.879. The van der Waals surface area contributed by atoms with Crippen LogP contribution in [-0.2, 0) is 11.2 Å². The SMILES string of the molecule is CC(C)C(=O)NC1CCN(C(=O)c2ccc3c(c2)CCN3)CC1.Cl. The molecule has 2 aliphatic rings. The van der Waals surface area contributed by atoms with Crippen LogP contribution < -0.4 is 10.6 Å². The number of piperidine rings is 1. The van der Waals surface area contributed by atoms with Crippen LogP contribution in [0.2, 0.25) is 0 Å². The fourth-order valence-corrected chi connectivity index (χ4v) is 3.22. The summed E-state index contributed by atoms with van der Waals surface area (Å²) in [6, 6.07) is 6.12. The first-order chi connectivity index (χ1) is 11.0. The van der Waals surface area contributed by atoms with Gasteiger partial charge in [-0.05, 0) is 43.0 Å². The molecular formula is C18H26ClN3O2. The minimum atomic E-state index is 0. The number of rotatable bonds is 3. The molecule has 6 heteroatoms. The molecule has 2 heterocycles. The highest BCUT2D eigenvalue weighted by atomic mass is 35.5. The molecule has 1 saturated heterocycles. The molecule has 5 nitrogen and oxygen atoms in total. The summed E-state index contributed by atoms with van der Waals surface area (Å²) in [5, 5.41) is 6.38. The number of carbonyl (C=O) groups excluding carboxylic acids is 2. The van der Waals surface area contributed by atoms with Gasteiger partial charge in [0.2, 0.25) is 5.91 Å². The minimum absolute atomic E-state index is 0. The van der Waals surface area contributed by atoms with E-state index in [1.165, 1.54) is 5.56 Å². The molecule has 0 spiro atoms. The Morgan fingerprint density at radius 3 is 2.62 bits per heavy atom. The van der Waals surface area contributed by atoms with E-state index in [2.05, 4.69) is 10.6 Å². The second-order valence-electron chi connectivity index (χ2n) is 6.78. The van der Waals surface area contributed by atoms with Gasteiger partial charge in [-0.1, -0.05) is 13.8 Å². The van der Waals surface area contributed by atoms with E-state index in [9.17, 15) is 9.59 Å². The number of carbonyl (C=O) groups is 2. The van der Waals surface area contributed by atoms with E-state index < -0.39 is 0 Å². The van der Waals surface area contributed by atoms with Gasteiger partial charge in [-0.15, -0.1) is 12.4 Å². The van der Waals surface area contributed by atoms with Crippen molar-refractivity contribution in [3.05, 3.63) is 29.3 Å². The average Bonchev–Trinajstić information content (AvgIpc) is 3.02. The molecule has 1 aromatic carbocycles. The van der Waals surface area contributed by atoms with Crippen molar-refractivity contribution in [1.29, 1.82) is 0 Å². The van der Waals surface area contributed by atoms with Crippen molar-refractivity contribution in [2.75, 3.05) is 25.0 Å². The normalized spacial score (nSPS) is 17.0. The van der Waals surface area contributed by atoms with Gasteiger partial charge in [0, 0.05) is 42.8 Å². The van der Waals surface area contributed by atoms with Crippen LogP contribution in [0, 0.1) is 5.92 Å². The number of amides is 2. The second-order valence-corrected chi connectivity index (χ2v) is 6.78. The van der Waals surface area contributed by atoms with E-state index in [0.29, 0.717) is 13.1 Å². The third-order valence-corrected chi connectivity index (χ3v) is 4.71. The van der Waals surface area contributed by atoms with E-state index in [-0.39, 0.29) is 36.2 Å². The summed E-state index contributed by atoms with van der Waals surface area (Å²) < 4.78 is 0. The number of hydrogen-bond donors (Lipinski definition) is 2. The first-order valence-corrected chi connectivity index (χ1v) is 8.51. The van der Waals surface area contributed by atoms with Crippen LogP contribution in [0.5, 0.6) is 0 Å². The molecule has 0 aromatic heterocycles. The van der Waals surface area contributed by atoms with E-state index in [4.69, 9.17) is 0 Å². The number of nitrogens with one attached hydrogen (secondary N) is 2. The van der Waals surface area contributed by atoms with Crippen molar-refractivity contribution < 1.29 is 9.59 Å². The summed E-state index contributed by atoms with van der Waals surface area (Å²) in [7, 11) is 0. The summed E-state index contributed by atoms with van der Waals surface area (Å²) in [5.74, 6) is 0.212. The lowest BCUT2D eigenvalue weighted by molar-refractivity contribution is -0.124. The summed E-state index contributed by atoms with van der Waals surface area (Å²) in [4.78, 5) is 26.3. The second kappa shape index (κ2) is 7.88. The number of hydrogen-bond acceptors (Lipinski definition) is 3. The average molecular weight is 352 g/mol. The minimum Gasteiger partial charge on any atom is -0.384 e. The van der Waals surface area contributed by atoms with Crippen LogP contribution in [0.4, 0.5) is 5.69 Å². The molecule has 1 fully saturated rings. The molecule has 0 bridgehead atoms. The van der Waals surface area contributed by atoms with Gasteiger partial charge >= 0.3 is 0 Å². The van der Waals surface area contributed by atoms with Gasteiger partial charge in [0.05, 0.1) is 0 Å². The van der Waals surface area contributed by atoms with Gasteiger partial charge in [-0.25, -0.2) is 0 Å². The summed E-state index contributed by atoms with van der Waals surface area (Å²) >= 11 is 0. The highest BCUT2D eigenvalue weighted by Gasteiger charge is 2.25. The van der Waals surface area contributed by atoms with Crippen molar-refractivity contribution in [1.82, 2.24) is 10.2 Å². The van der Waals surface area contributed by atoms with Gasteiger partial charge in [-0.3, -0.25) is 9.59 Å². The van der Waals surface area contributed by atoms with Gasteiger partial charge in [0.25, 0.3) is 5.91 Å². The third-order valence-electron chi connectivity index (χ3n) is 4.71. The third kappa shape index (κ3) is 4.01. The standard InChI is InChI=1S/C18H25N3O2.ClH/c1-12(2)17(22)20-15-6-9-21(10-7-15)18(23)14-3-4-16-13(11-14)5-8-19-16;/h3-4,11-12,15,19H,5-10H2,1-2H3,(H,20,22);1H. The topological polar surface area (TPSA) is 61.4 Å². The molecule has 0 saturated carbocycles. The Morgan fingerprint density at radius 1 is 1.25 bits per heavy atom. The van der Waals surface area contributed by atoms with Crippen molar-refractivity contribution in [2.24, 2.45) is 5.92 Å². The van der Waals surface area contributed by atoms with Crippen molar-refractivity contribution >= 4 is 29.9 Å².